The van der Waals surface area contributed by atoms with Crippen LogP contribution in [0.3, 0.4) is 0 Å². The molecule has 60 valence electrons. The molecule has 1 aliphatic heterocycles. The van der Waals surface area contributed by atoms with E-state index in [0.29, 0.717) is 13.2 Å². The molecule has 2 rings (SSSR count). The van der Waals surface area contributed by atoms with E-state index in [1.54, 1.807) is 11.3 Å². The summed E-state index contributed by atoms with van der Waals surface area (Å²) in [5, 5.41) is 0. The summed E-state index contributed by atoms with van der Waals surface area (Å²) in [6.45, 7) is 1.28. The summed E-state index contributed by atoms with van der Waals surface area (Å²) in [6.07, 6.45) is 0. The standard InChI is InChI=1S/C7H6BrClOS/c8-6-2-1-5(11-6)7(9)3-10-4-7/h1-2H,3-4H2. The van der Waals surface area contributed by atoms with Crippen molar-refractivity contribution < 1.29 is 4.74 Å². The Kier molecular flexibility index (Phi) is 2.00. The molecule has 0 spiro atoms. The zero-order chi connectivity index (χ0) is 7.90. The van der Waals surface area contributed by atoms with Crippen molar-refractivity contribution in [1.29, 1.82) is 0 Å². The summed E-state index contributed by atoms with van der Waals surface area (Å²) in [5.41, 5.74) is 0. The van der Waals surface area contributed by atoms with Crippen LogP contribution in [-0.4, -0.2) is 13.2 Å². The molecule has 0 radical (unpaired) electrons. The topological polar surface area (TPSA) is 9.23 Å². The molecule has 0 atom stereocenters. The SMILES string of the molecule is ClC1(c2ccc(Br)s2)COC1. The first-order valence-corrected chi connectivity index (χ1v) is 5.22. The van der Waals surface area contributed by atoms with E-state index in [-0.39, 0.29) is 4.87 Å². The van der Waals surface area contributed by atoms with Crippen molar-refractivity contribution in [2.24, 2.45) is 0 Å². The third-order valence-electron chi connectivity index (χ3n) is 1.68. The molecule has 1 aromatic rings. The van der Waals surface area contributed by atoms with Crippen molar-refractivity contribution >= 4 is 38.9 Å². The van der Waals surface area contributed by atoms with E-state index in [1.807, 2.05) is 12.1 Å². The number of thiophene rings is 1. The van der Waals surface area contributed by atoms with E-state index in [0.717, 1.165) is 3.79 Å². The van der Waals surface area contributed by atoms with Gasteiger partial charge in [-0.05, 0) is 28.1 Å². The highest BCUT2D eigenvalue weighted by atomic mass is 79.9. The van der Waals surface area contributed by atoms with E-state index >= 15 is 0 Å². The molecular weight excluding hydrogens is 247 g/mol. The van der Waals surface area contributed by atoms with Crippen molar-refractivity contribution in [3.8, 4) is 0 Å². The molecular formula is C7H6BrClOS. The molecule has 1 aromatic heterocycles. The minimum Gasteiger partial charge on any atom is -0.377 e. The molecule has 1 fully saturated rings. The Balaban J connectivity index is 2.28. The molecule has 4 heteroatoms. The van der Waals surface area contributed by atoms with E-state index in [1.165, 1.54) is 4.88 Å². The fraction of sp³-hybridized carbons (Fsp3) is 0.429. The fourth-order valence-electron chi connectivity index (χ4n) is 0.979. The van der Waals surface area contributed by atoms with Crippen molar-refractivity contribution in [1.82, 2.24) is 0 Å². The number of hydrogen-bond donors (Lipinski definition) is 0. The van der Waals surface area contributed by atoms with Crippen LogP contribution in [0.25, 0.3) is 0 Å². The van der Waals surface area contributed by atoms with Gasteiger partial charge in [-0.2, -0.15) is 0 Å². The number of rotatable bonds is 1. The highest BCUT2D eigenvalue weighted by molar-refractivity contribution is 9.11. The third kappa shape index (κ3) is 1.35. The lowest BCUT2D eigenvalue weighted by Gasteiger charge is -2.34. The summed E-state index contributed by atoms with van der Waals surface area (Å²) in [5.74, 6) is 0. The fourth-order valence-corrected chi connectivity index (χ4v) is 2.75. The molecule has 1 nitrogen and oxygen atoms in total. The quantitative estimate of drug-likeness (QED) is 0.699. The molecule has 0 saturated carbocycles. The van der Waals surface area contributed by atoms with Gasteiger partial charge in [-0.3, -0.25) is 0 Å². The second-order valence-electron chi connectivity index (χ2n) is 2.56. The van der Waals surface area contributed by atoms with Gasteiger partial charge in [0.05, 0.1) is 17.0 Å². The van der Waals surface area contributed by atoms with E-state index < -0.39 is 0 Å². The molecule has 0 unspecified atom stereocenters. The largest absolute Gasteiger partial charge is 0.377 e. The van der Waals surface area contributed by atoms with E-state index in [4.69, 9.17) is 16.3 Å². The summed E-state index contributed by atoms with van der Waals surface area (Å²) in [7, 11) is 0. The Morgan fingerprint density at radius 1 is 1.55 bits per heavy atom. The Hall–Kier alpha value is 0.430. The lowest BCUT2D eigenvalue weighted by atomic mass is 10.1. The summed E-state index contributed by atoms with van der Waals surface area (Å²) >= 11 is 11.3. The van der Waals surface area contributed by atoms with E-state index in [2.05, 4.69) is 15.9 Å². The van der Waals surface area contributed by atoms with Crippen LogP contribution in [0.1, 0.15) is 4.88 Å². The summed E-state index contributed by atoms with van der Waals surface area (Å²) in [4.78, 5) is 0.966. The van der Waals surface area contributed by atoms with Crippen molar-refractivity contribution in [3.63, 3.8) is 0 Å². The molecule has 1 saturated heterocycles. The first-order valence-electron chi connectivity index (χ1n) is 3.23. The van der Waals surface area contributed by atoms with Crippen LogP contribution in [0.15, 0.2) is 15.9 Å². The van der Waals surface area contributed by atoms with Gasteiger partial charge in [0.15, 0.2) is 0 Å². The second-order valence-corrected chi connectivity index (χ2v) is 5.75. The van der Waals surface area contributed by atoms with Gasteiger partial charge < -0.3 is 4.74 Å². The van der Waals surface area contributed by atoms with Crippen molar-refractivity contribution in [2.45, 2.75) is 4.87 Å². The number of ether oxygens (including phenoxy) is 1. The van der Waals surface area contributed by atoms with Gasteiger partial charge in [0.1, 0.15) is 4.87 Å². The third-order valence-corrected chi connectivity index (χ3v) is 4.04. The van der Waals surface area contributed by atoms with Crippen LogP contribution in [0.4, 0.5) is 0 Å². The van der Waals surface area contributed by atoms with Gasteiger partial charge >= 0.3 is 0 Å². The average molecular weight is 254 g/mol. The normalized spacial score (nSPS) is 21.3. The highest BCUT2D eigenvalue weighted by Gasteiger charge is 2.39. The maximum atomic E-state index is 6.21. The lowest BCUT2D eigenvalue weighted by Crippen LogP contribution is -2.40. The average Bonchev–Trinajstić information content (AvgIpc) is 2.31. The number of hydrogen-bond acceptors (Lipinski definition) is 2. The van der Waals surface area contributed by atoms with Crippen LogP contribution < -0.4 is 0 Å². The Morgan fingerprint density at radius 3 is 2.64 bits per heavy atom. The summed E-state index contributed by atoms with van der Waals surface area (Å²) < 4.78 is 6.19. The second kappa shape index (κ2) is 2.73. The Labute approximate surface area is 82.4 Å². The maximum absolute atomic E-state index is 6.21. The van der Waals surface area contributed by atoms with Gasteiger partial charge in [0.25, 0.3) is 0 Å². The molecule has 11 heavy (non-hydrogen) atoms. The van der Waals surface area contributed by atoms with E-state index in [9.17, 15) is 0 Å². The van der Waals surface area contributed by atoms with Gasteiger partial charge in [-0.15, -0.1) is 22.9 Å². The predicted octanol–water partition coefficient (Wildman–Crippen LogP) is 2.97. The maximum Gasteiger partial charge on any atom is 0.125 e. The van der Waals surface area contributed by atoms with Gasteiger partial charge in [-0.1, -0.05) is 0 Å². The number of alkyl halides is 1. The van der Waals surface area contributed by atoms with Gasteiger partial charge in [-0.25, -0.2) is 0 Å². The first kappa shape index (κ1) is 8.05. The molecule has 0 amide bonds. The van der Waals surface area contributed by atoms with Gasteiger partial charge in [0.2, 0.25) is 0 Å². The van der Waals surface area contributed by atoms with Crippen LogP contribution in [-0.2, 0) is 9.61 Å². The summed E-state index contributed by atoms with van der Waals surface area (Å²) in [6, 6.07) is 4.06. The minimum atomic E-state index is -0.226. The Morgan fingerprint density at radius 2 is 2.27 bits per heavy atom. The van der Waals surface area contributed by atoms with Crippen LogP contribution in [0.2, 0.25) is 0 Å². The van der Waals surface area contributed by atoms with Gasteiger partial charge in [0, 0.05) is 4.88 Å². The first-order chi connectivity index (χ1) is 5.21. The van der Waals surface area contributed by atoms with Crippen LogP contribution >= 0.6 is 38.9 Å². The molecule has 1 aliphatic rings. The molecule has 0 N–H and O–H groups in total. The smallest absolute Gasteiger partial charge is 0.125 e. The zero-order valence-corrected chi connectivity index (χ0v) is 8.80. The van der Waals surface area contributed by atoms with Crippen molar-refractivity contribution in [3.05, 3.63) is 20.8 Å². The molecule has 2 heterocycles. The van der Waals surface area contributed by atoms with Crippen LogP contribution in [0, 0.1) is 0 Å². The van der Waals surface area contributed by atoms with Crippen molar-refractivity contribution in [2.75, 3.05) is 13.2 Å². The predicted molar refractivity (Wildman–Crippen MR) is 50.4 cm³/mol. The number of halogens is 2. The molecule has 0 aromatic carbocycles. The minimum absolute atomic E-state index is 0.226. The monoisotopic (exact) mass is 252 g/mol. The Bertz CT molecular complexity index is 269. The molecule has 0 aliphatic carbocycles. The zero-order valence-electron chi connectivity index (χ0n) is 5.64. The van der Waals surface area contributed by atoms with Crippen LogP contribution in [0.5, 0.6) is 0 Å². The lowest BCUT2D eigenvalue weighted by molar-refractivity contribution is -0.0136. The molecule has 0 bridgehead atoms. The highest BCUT2D eigenvalue weighted by Crippen LogP contribution is 2.41.